The molecular weight excluding hydrogens is 298 g/mol. The van der Waals surface area contributed by atoms with E-state index in [1.807, 2.05) is 11.3 Å². The summed E-state index contributed by atoms with van der Waals surface area (Å²) in [6.45, 7) is 16.7. The van der Waals surface area contributed by atoms with Crippen LogP contribution in [0.2, 0.25) is 0 Å². The van der Waals surface area contributed by atoms with Crippen LogP contribution in [0.5, 0.6) is 0 Å². The van der Waals surface area contributed by atoms with Crippen molar-refractivity contribution in [3.63, 3.8) is 0 Å². The second-order valence-corrected chi connectivity index (χ2v) is 9.36. The maximum atomic E-state index is 5.04. The SMILES string of the molecule is CCNCc1sc(N2CCSC(C)C2C)nc1C(C)(C)C. The third-order valence-electron chi connectivity index (χ3n) is 4.06. The van der Waals surface area contributed by atoms with E-state index in [0.29, 0.717) is 11.3 Å². The lowest BCUT2D eigenvalue weighted by molar-refractivity contribution is 0.557. The van der Waals surface area contributed by atoms with E-state index < -0.39 is 0 Å². The highest BCUT2D eigenvalue weighted by atomic mass is 32.2. The van der Waals surface area contributed by atoms with Crippen molar-refractivity contribution in [2.45, 2.75) is 64.8 Å². The maximum Gasteiger partial charge on any atom is 0.186 e. The zero-order valence-corrected chi connectivity index (χ0v) is 15.8. The van der Waals surface area contributed by atoms with E-state index in [2.05, 4.69) is 63.5 Å². The number of hydrogen-bond donors (Lipinski definition) is 1. The number of rotatable bonds is 4. The van der Waals surface area contributed by atoms with Gasteiger partial charge in [-0.1, -0.05) is 34.6 Å². The van der Waals surface area contributed by atoms with Crippen LogP contribution >= 0.6 is 23.1 Å². The van der Waals surface area contributed by atoms with Crippen molar-refractivity contribution in [2.75, 3.05) is 23.7 Å². The number of nitrogens with zero attached hydrogens (tertiary/aromatic N) is 2. The van der Waals surface area contributed by atoms with Gasteiger partial charge in [-0.3, -0.25) is 0 Å². The third-order valence-corrected chi connectivity index (χ3v) is 6.49. The fourth-order valence-electron chi connectivity index (χ4n) is 2.61. The molecule has 1 saturated heterocycles. The average molecular weight is 328 g/mol. The van der Waals surface area contributed by atoms with E-state index in [1.165, 1.54) is 21.5 Å². The van der Waals surface area contributed by atoms with Crippen molar-refractivity contribution < 1.29 is 0 Å². The Balaban J connectivity index is 2.29. The van der Waals surface area contributed by atoms with Gasteiger partial charge in [-0.25, -0.2) is 4.98 Å². The molecule has 0 amide bonds. The normalized spacial score (nSPS) is 23.6. The highest BCUT2D eigenvalue weighted by Gasteiger charge is 2.30. The van der Waals surface area contributed by atoms with Gasteiger partial charge in [-0.2, -0.15) is 11.8 Å². The quantitative estimate of drug-likeness (QED) is 0.908. The van der Waals surface area contributed by atoms with Crippen LogP contribution in [0.1, 0.15) is 52.1 Å². The monoisotopic (exact) mass is 327 g/mol. The lowest BCUT2D eigenvalue weighted by Gasteiger charge is -2.37. The van der Waals surface area contributed by atoms with Crippen LogP contribution in [0.25, 0.3) is 0 Å². The van der Waals surface area contributed by atoms with Crippen molar-refractivity contribution in [1.82, 2.24) is 10.3 Å². The van der Waals surface area contributed by atoms with Gasteiger partial charge in [-0.15, -0.1) is 11.3 Å². The van der Waals surface area contributed by atoms with Gasteiger partial charge in [0.2, 0.25) is 0 Å². The summed E-state index contributed by atoms with van der Waals surface area (Å²) in [7, 11) is 0. The first-order chi connectivity index (χ1) is 9.84. The standard InChI is InChI=1S/C16H29N3S2/c1-7-17-10-13-14(16(4,5)6)18-15(21-13)19-8-9-20-12(3)11(19)2/h11-12,17H,7-10H2,1-6H3. The molecule has 0 saturated carbocycles. The molecule has 0 spiro atoms. The Morgan fingerprint density at radius 1 is 1.33 bits per heavy atom. The first kappa shape index (κ1) is 17.1. The van der Waals surface area contributed by atoms with Crippen LogP contribution in [-0.2, 0) is 12.0 Å². The minimum Gasteiger partial charge on any atom is -0.343 e. The Morgan fingerprint density at radius 3 is 2.67 bits per heavy atom. The summed E-state index contributed by atoms with van der Waals surface area (Å²) in [5.74, 6) is 1.21. The van der Waals surface area contributed by atoms with Gasteiger partial charge < -0.3 is 10.2 Å². The fourth-order valence-corrected chi connectivity index (χ4v) is 5.06. The summed E-state index contributed by atoms with van der Waals surface area (Å²) < 4.78 is 0. The van der Waals surface area contributed by atoms with E-state index in [1.54, 1.807) is 0 Å². The van der Waals surface area contributed by atoms with Crippen LogP contribution in [-0.4, -0.2) is 35.1 Å². The van der Waals surface area contributed by atoms with Gasteiger partial charge in [0.25, 0.3) is 0 Å². The van der Waals surface area contributed by atoms with Crippen LogP contribution in [0.3, 0.4) is 0 Å². The van der Waals surface area contributed by atoms with E-state index >= 15 is 0 Å². The molecular formula is C16H29N3S2. The van der Waals surface area contributed by atoms with Gasteiger partial charge in [0.15, 0.2) is 5.13 Å². The van der Waals surface area contributed by atoms with Crippen molar-refractivity contribution in [3.05, 3.63) is 10.6 Å². The molecule has 1 aromatic rings. The van der Waals surface area contributed by atoms with Crippen LogP contribution in [0.4, 0.5) is 5.13 Å². The summed E-state index contributed by atoms with van der Waals surface area (Å²) in [4.78, 5) is 8.95. The molecule has 2 unspecified atom stereocenters. The Hall–Kier alpha value is -0.260. The molecule has 2 rings (SSSR count). The van der Waals surface area contributed by atoms with Crippen LogP contribution in [0, 0.1) is 0 Å². The molecule has 1 N–H and O–H groups in total. The van der Waals surface area contributed by atoms with Crippen molar-refractivity contribution >= 4 is 28.2 Å². The highest BCUT2D eigenvalue weighted by molar-refractivity contribution is 8.00. The molecule has 2 heterocycles. The zero-order chi connectivity index (χ0) is 15.6. The molecule has 0 radical (unpaired) electrons. The Labute approximate surface area is 137 Å². The highest BCUT2D eigenvalue weighted by Crippen LogP contribution is 2.37. The lowest BCUT2D eigenvalue weighted by Crippen LogP contribution is -2.44. The zero-order valence-electron chi connectivity index (χ0n) is 14.2. The summed E-state index contributed by atoms with van der Waals surface area (Å²) in [6, 6.07) is 0.565. The molecule has 3 nitrogen and oxygen atoms in total. The Kier molecular flexibility index (Phi) is 5.60. The lowest BCUT2D eigenvalue weighted by atomic mass is 9.91. The van der Waals surface area contributed by atoms with E-state index in [0.717, 1.165) is 19.6 Å². The van der Waals surface area contributed by atoms with Gasteiger partial charge >= 0.3 is 0 Å². The van der Waals surface area contributed by atoms with E-state index in [4.69, 9.17) is 4.98 Å². The van der Waals surface area contributed by atoms with Crippen LogP contribution in [0.15, 0.2) is 0 Å². The molecule has 1 aromatic heterocycles. The largest absolute Gasteiger partial charge is 0.343 e. The minimum absolute atomic E-state index is 0.110. The number of nitrogens with one attached hydrogen (secondary N) is 1. The first-order valence-electron chi connectivity index (χ1n) is 7.93. The molecule has 5 heteroatoms. The number of hydrogen-bond acceptors (Lipinski definition) is 5. The molecule has 1 aliphatic rings. The summed E-state index contributed by atoms with van der Waals surface area (Å²) >= 11 is 3.96. The van der Waals surface area contributed by atoms with Crippen LogP contribution < -0.4 is 10.2 Å². The number of thiazole rings is 1. The average Bonchev–Trinajstić information content (AvgIpc) is 2.83. The minimum atomic E-state index is 0.110. The summed E-state index contributed by atoms with van der Waals surface area (Å²) in [6.07, 6.45) is 0. The van der Waals surface area contributed by atoms with Crippen molar-refractivity contribution in [3.8, 4) is 0 Å². The molecule has 0 aromatic carbocycles. The number of aromatic nitrogens is 1. The summed E-state index contributed by atoms with van der Waals surface area (Å²) in [5, 5.41) is 5.35. The smallest absolute Gasteiger partial charge is 0.186 e. The Bertz CT molecular complexity index is 465. The van der Waals surface area contributed by atoms with Crippen molar-refractivity contribution in [2.24, 2.45) is 0 Å². The second-order valence-electron chi connectivity index (χ2n) is 6.81. The first-order valence-corrected chi connectivity index (χ1v) is 9.80. The topological polar surface area (TPSA) is 28.2 Å². The molecule has 1 fully saturated rings. The molecule has 21 heavy (non-hydrogen) atoms. The number of anilines is 1. The van der Waals surface area contributed by atoms with E-state index in [-0.39, 0.29) is 5.41 Å². The second kappa shape index (κ2) is 6.88. The third kappa shape index (κ3) is 3.93. The van der Waals surface area contributed by atoms with Gasteiger partial charge in [0, 0.05) is 40.4 Å². The molecule has 120 valence electrons. The predicted octanol–water partition coefficient (Wildman–Crippen LogP) is 3.88. The molecule has 2 atom stereocenters. The van der Waals surface area contributed by atoms with Gasteiger partial charge in [0.05, 0.1) is 5.69 Å². The van der Waals surface area contributed by atoms with E-state index in [9.17, 15) is 0 Å². The van der Waals surface area contributed by atoms with Crippen molar-refractivity contribution in [1.29, 1.82) is 0 Å². The van der Waals surface area contributed by atoms with Gasteiger partial charge in [0.1, 0.15) is 0 Å². The summed E-state index contributed by atoms with van der Waals surface area (Å²) in [5.41, 5.74) is 1.38. The molecule has 0 aliphatic carbocycles. The fraction of sp³-hybridized carbons (Fsp3) is 0.812. The molecule has 1 aliphatic heterocycles. The maximum absolute atomic E-state index is 5.04. The predicted molar refractivity (Wildman–Crippen MR) is 96.9 cm³/mol. The molecule has 0 bridgehead atoms. The Morgan fingerprint density at radius 2 is 2.05 bits per heavy atom. The van der Waals surface area contributed by atoms with Gasteiger partial charge in [-0.05, 0) is 13.5 Å². The number of thioether (sulfide) groups is 1.